The third kappa shape index (κ3) is 5.73. The topological polar surface area (TPSA) is 42.0 Å². The van der Waals surface area contributed by atoms with Crippen molar-refractivity contribution in [2.24, 2.45) is 0 Å². The molecule has 21 heavy (non-hydrogen) atoms. The normalized spacial score (nSPS) is 16.6. The minimum Gasteiger partial charge on any atom is -0.492 e. The highest BCUT2D eigenvalue weighted by Crippen LogP contribution is 2.08. The average molecular weight is 292 g/mol. The Hall–Kier alpha value is -1.59. The van der Waals surface area contributed by atoms with Gasteiger partial charge in [0.25, 0.3) is 0 Å². The maximum Gasteiger partial charge on any atom is 0.320 e. The molecule has 0 radical (unpaired) electrons. The van der Waals surface area contributed by atoms with Crippen LogP contribution < -0.4 is 4.74 Å². The molecule has 116 valence electrons. The summed E-state index contributed by atoms with van der Waals surface area (Å²) < 4.78 is 10.7. The molecule has 0 atom stereocenters. The number of benzene rings is 1. The number of para-hydroxylation sites is 1. The molecule has 1 aromatic rings. The number of piperazine rings is 1. The molecule has 0 aromatic heterocycles. The van der Waals surface area contributed by atoms with Gasteiger partial charge in [-0.05, 0) is 19.1 Å². The molecule has 2 rings (SSSR count). The zero-order valence-corrected chi connectivity index (χ0v) is 12.7. The maximum atomic E-state index is 11.4. The molecule has 0 unspecified atom stereocenters. The summed E-state index contributed by atoms with van der Waals surface area (Å²) >= 11 is 0. The summed E-state index contributed by atoms with van der Waals surface area (Å²) in [5, 5.41) is 0. The van der Waals surface area contributed by atoms with Crippen LogP contribution in [0.3, 0.4) is 0 Å². The third-order valence-corrected chi connectivity index (χ3v) is 3.54. The summed E-state index contributed by atoms with van der Waals surface area (Å²) in [4.78, 5) is 15.9. The van der Waals surface area contributed by atoms with E-state index in [1.165, 1.54) is 0 Å². The van der Waals surface area contributed by atoms with Crippen molar-refractivity contribution < 1.29 is 14.3 Å². The number of carbonyl (C=O) groups is 1. The second kappa shape index (κ2) is 8.64. The lowest BCUT2D eigenvalue weighted by Crippen LogP contribution is -2.49. The Labute approximate surface area is 126 Å². The highest BCUT2D eigenvalue weighted by Gasteiger charge is 2.19. The van der Waals surface area contributed by atoms with E-state index in [1.54, 1.807) is 0 Å². The van der Waals surface area contributed by atoms with Crippen LogP contribution in [0.2, 0.25) is 0 Å². The molecule has 5 nitrogen and oxygen atoms in total. The standard InChI is InChI=1S/C16H24N2O3/c1-2-20-16(19)14-18-10-8-17(9-11-18)12-13-21-15-6-4-3-5-7-15/h3-7H,2,8-14H2,1H3. The van der Waals surface area contributed by atoms with E-state index in [9.17, 15) is 4.79 Å². The number of esters is 1. The van der Waals surface area contributed by atoms with Crippen LogP contribution in [-0.2, 0) is 9.53 Å². The van der Waals surface area contributed by atoms with Crippen LogP contribution in [0.4, 0.5) is 0 Å². The monoisotopic (exact) mass is 292 g/mol. The van der Waals surface area contributed by atoms with Crippen LogP contribution in [-0.4, -0.2) is 68.3 Å². The molecule has 5 heteroatoms. The molecule has 0 amide bonds. The summed E-state index contributed by atoms with van der Waals surface area (Å²) in [6, 6.07) is 9.87. The summed E-state index contributed by atoms with van der Waals surface area (Å²) in [5.41, 5.74) is 0. The van der Waals surface area contributed by atoms with Gasteiger partial charge in [0, 0.05) is 32.7 Å². The highest BCUT2D eigenvalue weighted by atomic mass is 16.5. The van der Waals surface area contributed by atoms with Gasteiger partial charge in [0.1, 0.15) is 12.4 Å². The van der Waals surface area contributed by atoms with Gasteiger partial charge in [-0.25, -0.2) is 0 Å². The van der Waals surface area contributed by atoms with Gasteiger partial charge < -0.3 is 9.47 Å². The number of ether oxygens (including phenoxy) is 2. The molecule has 1 saturated heterocycles. The summed E-state index contributed by atoms with van der Waals surface area (Å²) in [6.45, 7) is 8.06. The Bertz CT molecular complexity index is 417. The largest absolute Gasteiger partial charge is 0.492 e. The number of nitrogens with zero attached hydrogens (tertiary/aromatic N) is 2. The van der Waals surface area contributed by atoms with Crippen LogP contribution in [0.25, 0.3) is 0 Å². The molecule has 1 aliphatic heterocycles. The van der Waals surface area contributed by atoms with E-state index >= 15 is 0 Å². The van der Waals surface area contributed by atoms with E-state index in [1.807, 2.05) is 37.3 Å². The molecule has 0 spiro atoms. The van der Waals surface area contributed by atoms with Crippen molar-refractivity contribution in [2.75, 3.05) is 52.5 Å². The van der Waals surface area contributed by atoms with Crippen molar-refractivity contribution in [1.82, 2.24) is 9.80 Å². The van der Waals surface area contributed by atoms with E-state index < -0.39 is 0 Å². The Morgan fingerprint density at radius 3 is 2.43 bits per heavy atom. The summed E-state index contributed by atoms with van der Waals surface area (Å²) in [5.74, 6) is 0.789. The molecular formula is C16H24N2O3. The van der Waals surface area contributed by atoms with Gasteiger partial charge in [-0.1, -0.05) is 18.2 Å². The van der Waals surface area contributed by atoms with Crippen LogP contribution >= 0.6 is 0 Å². The predicted molar refractivity (Wildman–Crippen MR) is 81.5 cm³/mol. The Balaban J connectivity index is 1.60. The van der Waals surface area contributed by atoms with Gasteiger partial charge in [0.15, 0.2) is 0 Å². The first-order chi connectivity index (χ1) is 10.3. The van der Waals surface area contributed by atoms with Crippen molar-refractivity contribution >= 4 is 5.97 Å². The van der Waals surface area contributed by atoms with E-state index in [4.69, 9.17) is 9.47 Å². The van der Waals surface area contributed by atoms with Crippen LogP contribution in [0.1, 0.15) is 6.92 Å². The lowest BCUT2D eigenvalue weighted by molar-refractivity contribution is -0.144. The molecule has 1 aromatic carbocycles. The lowest BCUT2D eigenvalue weighted by Gasteiger charge is -2.33. The van der Waals surface area contributed by atoms with Gasteiger partial charge in [-0.3, -0.25) is 14.6 Å². The Morgan fingerprint density at radius 2 is 1.76 bits per heavy atom. The number of carbonyl (C=O) groups excluding carboxylic acids is 1. The smallest absolute Gasteiger partial charge is 0.320 e. The maximum absolute atomic E-state index is 11.4. The fraction of sp³-hybridized carbons (Fsp3) is 0.562. The van der Waals surface area contributed by atoms with Crippen LogP contribution in [0, 0.1) is 0 Å². The van der Waals surface area contributed by atoms with Gasteiger partial charge in [-0.2, -0.15) is 0 Å². The zero-order valence-electron chi connectivity index (χ0n) is 12.7. The Kier molecular flexibility index (Phi) is 6.50. The Morgan fingerprint density at radius 1 is 1.10 bits per heavy atom. The van der Waals surface area contributed by atoms with Gasteiger partial charge in [0.05, 0.1) is 13.2 Å². The first-order valence-corrected chi connectivity index (χ1v) is 7.56. The summed E-state index contributed by atoms with van der Waals surface area (Å²) in [7, 11) is 0. The quantitative estimate of drug-likeness (QED) is 0.708. The second-order valence-corrected chi connectivity index (χ2v) is 5.08. The van der Waals surface area contributed by atoms with E-state index in [0.29, 0.717) is 19.8 Å². The molecule has 1 fully saturated rings. The van der Waals surface area contributed by atoms with Crippen molar-refractivity contribution in [3.8, 4) is 5.75 Å². The number of rotatable bonds is 7. The van der Waals surface area contributed by atoms with Crippen molar-refractivity contribution in [1.29, 1.82) is 0 Å². The minimum absolute atomic E-state index is 0.127. The molecule has 1 aliphatic rings. The van der Waals surface area contributed by atoms with Crippen molar-refractivity contribution in [3.63, 3.8) is 0 Å². The predicted octanol–water partition coefficient (Wildman–Crippen LogP) is 1.25. The van der Waals surface area contributed by atoms with Gasteiger partial charge in [-0.15, -0.1) is 0 Å². The zero-order chi connectivity index (χ0) is 14.9. The molecule has 0 saturated carbocycles. The molecule has 0 aliphatic carbocycles. The number of hydrogen-bond acceptors (Lipinski definition) is 5. The molecular weight excluding hydrogens is 268 g/mol. The van der Waals surface area contributed by atoms with E-state index in [-0.39, 0.29) is 5.97 Å². The molecule has 0 bridgehead atoms. The first kappa shape index (κ1) is 15.8. The number of hydrogen-bond donors (Lipinski definition) is 0. The SMILES string of the molecule is CCOC(=O)CN1CCN(CCOc2ccccc2)CC1. The van der Waals surface area contributed by atoms with Crippen molar-refractivity contribution in [3.05, 3.63) is 30.3 Å². The molecule has 1 heterocycles. The fourth-order valence-electron chi connectivity index (χ4n) is 2.37. The fourth-order valence-corrected chi connectivity index (χ4v) is 2.37. The van der Waals surface area contributed by atoms with Gasteiger partial charge >= 0.3 is 5.97 Å². The molecule has 0 N–H and O–H groups in total. The second-order valence-electron chi connectivity index (χ2n) is 5.08. The van der Waals surface area contributed by atoms with E-state index in [2.05, 4.69) is 9.80 Å². The first-order valence-electron chi connectivity index (χ1n) is 7.56. The van der Waals surface area contributed by atoms with Crippen LogP contribution in [0.5, 0.6) is 5.75 Å². The van der Waals surface area contributed by atoms with Crippen LogP contribution in [0.15, 0.2) is 30.3 Å². The van der Waals surface area contributed by atoms with E-state index in [0.717, 1.165) is 38.5 Å². The lowest BCUT2D eigenvalue weighted by atomic mass is 10.3. The highest BCUT2D eigenvalue weighted by molar-refractivity contribution is 5.71. The summed E-state index contributed by atoms with van der Waals surface area (Å²) in [6.07, 6.45) is 0. The van der Waals surface area contributed by atoms with Gasteiger partial charge in [0.2, 0.25) is 0 Å². The van der Waals surface area contributed by atoms with Crippen molar-refractivity contribution in [2.45, 2.75) is 6.92 Å². The average Bonchev–Trinajstić information content (AvgIpc) is 2.50. The third-order valence-electron chi connectivity index (χ3n) is 3.54. The minimum atomic E-state index is -0.127.